The summed E-state index contributed by atoms with van der Waals surface area (Å²) >= 11 is 2.97. The molecule has 1 N–H and O–H groups in total. The zero-order valence-corrected chi connectivity index (χ0v) is 20.5. The highest BCUT2D eigenvalue weighted by Gasteiger charge is 2.34. The number of nitrogens with zero attached hydrogens (tertiary/aromatic N) is 4. The van der Waals surface area contributed by atoms with Crippen LogP contribution in [0.3, 0.4) is 0 Å². The Labute approximate surface area is 210 Å². The molecule has 1 aromatic heterocycles. The molecule has 0 bridgehead atoms. The van der Waals surface area contributed by atoms with Gasteiger partial charge < -0.3 is 4.90 Å². The second-order valence-corrected chi connectivity index (χ2v) is 10.6. The Bertz CT molecular complexity index is 1410. The second-order valence-electron chi connectivity index (χ2n) is 8.49. The highest BCUT2D eigenvalue weighted by atomic mass is 32.2. The normalized spacial score (nSPS) is 16.7. The van der Waals surface area contributed by atoms with Crippen LogP contribution in [0.25, 0.3) is 0 Å². The van der Waals surface area contributed by atoms with E-state index in [4.69, 9.17) is 0 Å². The first-order valence-electron chi connectivity index (χ1n) is 11.2. The van der Waals surface area contributed by atoms with Gasteiger partial charge in [-0.3, -0.25) is 15.0 Å². The number of aryl methyl sites for hydroxylation is 1. The minimum atomic E-state index is -0.295. The lowest BCUT2D eigenvalue weighted by Gasteiger charge is -2.30. The van der Waals surface area contributed by atoms with Gasteiger partial charge in [-0.2, -0.15) is 0 Å². The molecule has 1 unspecified atom stereocenters. The SMILES string of the molecule is Cc1cccc(N2CC(c3nnc(NC(=O)N4c5ccccc5Sc5ccccc54)s3)CC2=O)c1. The molecule has 0 spiro atoms. The number of anilines is 4. The van der Waals surface area contributed by atoms with E-state index in [1.54, 1.807) is 21.6 Å². The van der Waals surface area contributed by atoms with Crippen molar-refractivity contribution in [1.29, 1.82) is 0 Å². The van der Waals surface area contributed by atoms with Gasteiger partial charge in [0.25, 0.3) is 0 Å². The van der Waals surface area contributed by atoms with E-state index in [0.29, 0.717) is 18.1 Å². The van der Waals surface area contributed by atoms with Gasteiger partial charge in [-0.15, -0.1) is 10.2 Å². The molecule has 2 aliphatic heterocycles. The molecule has 35 heavy (non-hydrogen) atoms. The quantitative estimate of drug-likeness (QED) is 0.363. The van der Waals surface area contributed by atoms with Crippen LogP contribution in [0.15, 0.2) is 82.6 Å². The third-order valence-electron chi connectivity index (χ3n) is 6.08. The molecule has 4 aromatic rings. The lowest BCUT2D eigenvalue weighted by Crippen LogP contribution is -2.32. The number of fused-ring (bicyclic) bond motifs is 2. The summed E-state index contributed by atoms with van der Waals surface area (Å²) in [4.78, 5) is 31.6. The average Bonchev–Trinajstić information content (AvgIpc) is 3.48. The highest BCUT2D eigenvalue weighted by molar-refractivity contribution is 7.99. The summed E-state index contributed by atoms with van der Waals surface area (Å²) in [5.74, 6) is 0.0134. The monoisotopic (exact) mass is 499 g/mol. The van der Waals surface area contributed by atoms with Crippen molar-refractivity contribution >= 4 is 57.2 Å². The Kier molecular flexibility index (Phi) is 5.50. The predicted molar refractivity (Wildman–Crippen MR) is 139 cm³/mol. The van der Waals surface area contributed by atoms with Crippen molar-refractivity contribution < 1.29 is 9.59 Å². The van der Waals surface area contributed by atoms with Gasteiger partial charge in [0.15, 0.2) is 0 Å². The number of para-hydroxylation sites is 2. The van der Waals surface area contributed by atoms with E-state index < -0.39 is 0 Å². The van der Waals surface area contributed by atoms with Crippen molar-refractivity contribution in [2.24, 2.45) is 0 Å². The molecule has 1 fully saturated rings. The van der Waals surface area contributed by atoms with Crippen LogP contribution >= 0.6 is 23.1 Å². The third kappa shape index (κ3) is 4.06. The number of aromatic nitrogens is 2. The molecule has 3 heterocycles. The highest BCUT2D eigenvalue weighted by Crippen LogP contribution is 2.48. The van der Waals surface area contributed by atoms with Crippen molar-refractivity contribution in [3.05, 3.63) is 83.4 Å². The summed E-state index contributed by atoms with van der Waals surface area (Å²) in [6.45, 7) is 2.56. The largest absolute Gasteiger partial charge is 0.332 e. The van der Waals surface area contributed by atoms with E-state index in [0.717, 1.165) is 37.4 Å². The lowest BCUT2D eigenvalue weighted by molar-refractivity contribution is -0.117. The van der Waals surface area contributed by atoms with Crippen molar-refractivity contribution in [3.8, 4) is 0 Å². The molecule has 1 saturated heterocycles. The molecule has 1 atom stereocenters. The Balaban J connectivity index is 1.22. The average molecular weight is 500 g/mol. The van der Waals surface area contributed by atoms with E-state index in [9.17, 15) is 9.59 Å². The fourth-order valence-electron chi connectivity index (χ4n) is 4.44. The maximum Gasteiger partial charge on any atom is 0.332 e. The van der Waals surface area contributed by atoms with Crippen LogP contribution in [0.5, 0.6) is 0 Å². The standard InChI is InChI=1S/C26H21N5O2S2/c1-16-7-6-8-18(13-16)30-15-17(14-23(30)32)24-28-29-25(35-24)27-26(33)31-19-9-2-4-11-21(19)34-22-12-5-3-10-20(22)31/h2-13,17H,14-15H2,1H3,(H,27,29,33). The molecule has 174 valence electrons. The molecule has 6 rings (SSSR count). The van der Waals surface area contributed by atoms with Crippen molar-refractivity contribution in [2.45, 2.75) is 29.1 Å². The van der Waals surface area contributed by atoms with Crippen molar-refractivity contribution in [1.82, 2.24) is 10.2 Å². The number of benzene rings is 3. The van der Waals surface area contributed by atoms with Gasteiger partial charge in [-0.25, -0.2) is 4.79 Å². The predicted octanol–water partition coefficient (Wildman–Crippen LogP) is 6.20. The van der Waals surface area contributed by atoms with Crippen molar-refractivity contribution in [2.75, 3.05) is 21.7 Å². The molecule has 0 aliphatic carbocycles. The number of carbonyl (C=O) groups excluding carboxylic acids is 2. The van der Waals surface area contributed by atoms with Gasteiger partial charge in [0.1, 0.15) is 5.01 Å². The Morgan fingerprint density at radius 2 is 1.69 bits per heavy atom. The first-order valence-corrected chi connectivity index (χ1v) is 12.9. The number of amides is 3. The summed E-state index contributed by atoms with van der Waals surface area (Å²) < 4.78 is 0. The molecule has 2 aliphatic rings. The Morgan fingerprint density at radius 1 is 0.971 bits per heavy atom. The van der Waals surface area contributed by atoms with E-state index in [-0.39, 0.29) is 17.9 Å². The van der Waals surface area contributed by atoms with Crippen LogP contribution in [0.4, 0.5) is 27.0 Å². The minimum absolute atomic E-state index is 0.0565. The summed E-state index contributed by atoms with van der Waals surface area (Å²) in [6.07, 6.45) is 0.376. The topological polar surface area (TPSA) is 78.4 Å². The molecule has 3 aromatic carbocycles. The zero-order valence-electron chi connectivity index (χ0n) is 18.8. The van der Waals surface area contributed by atoms with Gasteiger partial charge in [-0.05, 0) is 48.9 Å². The summed E-state index contributed by atoms with van der Waals surface area (Å²) in [5.41, 5.74) is 3.66. The molecule has 7 nitrogen and oxygen atoms in total. The number of nitrogens with one attached hydrogen (secondary N) is 1. The first kappa shape index (κ1) is 21.8. The van der Waals surface area contributed by atoms with Crippen LogP contribution in [0, 0.1) is 6.92 Å². The summed E-state index contributed by atoms with van der Waals surface area (Å²) in [6, 6.07) is 23.3. The number of carbonyl (C=O) groups is 2. The van der Waals surface area contributed by atoms with Crippen LogP contribution in [-0.2, 0) is 4.79 Å². The summed E-state index contributed by atoms with van der Waals surface area (Å²) in [5, 5.41) is 12.6. The second kappa shape index (κ2) is 8.83. The number of hydrogen-bond donors (Lipinski definition) is 1. The van der Waals surface area contributed by atoms with Gasteiger partial charge in [0.2, 0.25) is 11.0 Å². The third-order valence-corrected chi connectivity index (χ3v) is 8.21. The van der Waals surface area contributed by atoms with E-state index in [1.165, 1.54) is 11.3 Å². The molecule has 9 heteroatoms. The Hall–Kier alpha value is -3.69. The van der Waals surface area contributed by atoms with Crippen molar-refractivity contribution in [3.63, 3.8) is 0 Å². The Morgan fingerprint density at radius 3 is 2.40 bits per heavy atom. The summed E-state index contributed by atoms with van der Waals surface area (Å²) in [7, 11) is 0. The van der Waals surface area contributed by atoms with Crippen LogP contribution in [-0.4, -0.2) is 28.7 Å². The molecular weight excluding hydrogens is 478 g/mol. The van der Waals surface area contributed by atoms with E-state index in [2.05, 4.69) is 15.5 Å². The molecular formula is C26H21N5O2S2. The van der Waals surface area contributed by atoms with Gasteiger partial charge in [0, 0.05) is 34.4 Å². The maximum absolute atomic E-state index is 13.4. The zero-order chi connectivity index (χ0) is 23.9. The molecule has 0 saturated carbocycles. The van der Waals surface area contributed by atoms with E-state index >= 15 is 0 Å². The first-order chi connectivity index (χ1) is 17.1. The molecule has 3 amide bonds. The maximum atomic E-state index is 13.4. The fraction of sp³-hybridized carbons (Fsp3) is 0.154. The van der Waals surface area contributed by atoms with Gasteiger partial charge in [-0.1, -0.05) is 59.5 Å². The van der Waals surface area contributed by atoms with E-state index in [1.807, 2.05) is 79.7 Å². The molecule has 0 radical (unpaired) electrons. The number of rotatable bonds is 3. The fourth-order valence-corrected chi connectivity index (χ4v) is 6.32. The smallest absolute Gasteiger partial charge is 0.312 e. The minimum Gasteiger partial charge on any atom is -0.312 e. The van der Waals surface area contributed by atoms with Crippen LogP contribution in [0.1, 0.15) is 22.9 Å². The van der Waals surface area contributed by atoms with Crippen LogP contribution < -0.4 is 15.1 Å². The van der Waals surface area contributed by atoms with Gasteiger partial charge >= 0.3 is 6.03 Å². The number of hydrogen-bond acceptors (Lipinski definition) is 6. The lowest BCUT2D eigenvalue weighted by atomic mass is 10.1. The van der Waals surface area contributed by atoms with Crippen LogP contribution in [0.2, 0.25) is 0 Å². The van der Waals surface area contributed by atoms with Gasteiger partial charge in [0.05, 0.1) is 11.4 Å². The number of urea groups is 1.